The van der Waals surface area contributed by atoms with Crippen LogP contribution in [-0.4, -0.2) is 67.0 Å². The topological polar surface area (TPSA) is 148 Å². The van der Waals surface area contributed by atoms with E-state index in [4.69, 9.17) is 4.74 Å². The van der Waals surface area contributed by atoms with Crippen LogP contribution >= 0.6 is 0 Å². The monoisotopic (exact) mass is 614 g/mol. The molecule has 2 saturated carbocycles. The molecule has 15 heteroatoms. The summed E-state index contributed by atoms with van der Waals surface area (Å²) in [7, 11) is -6.21. The van der Waals surface area contributed by atoms with Crippen molar-refractivity contribution in [3.63, 3.8) is 0 Å². The highest BCUT2D eigenvalue weighted by molar-refractivity contribution is 7.92. The molecule has 1 aromatic carbocycles. The van der Waals surface area contributed by atoms with Gasteiger partial charge in [0, 0.05) is 18.8 Å². The van der Waals surface area contributed by atoms with Gasteiger partial charge in [-0.25, -0.2) is 16.8 Å². The van der Waals surface area contributed by atoms with E-state index in [1.54, 1.807) is 7.05 Å². The summed E-state index contributed by atoms with van der Waals surface area (Å²) in [6.45, 7) is 0. The second-order valence-corrected chi connectivity index (χ2v) is 15.6. The molecular formula is C26H29F3N4O6S2. The summed E-state index contributed by atoms with van der Waals surface area (Å²) in [5.41, 5.74) is -1.83. The third-order valence-corrected chi connectivity index (χ3v) is 12.0. The minimum Gasteiger partial charge on any atom is -0.374 e. The van der Waals surface area contributed by atoms with E-state index in [9.17, 15) is 40.1 Å². The molecule has 0 bridgehead atoms. The van der Waals surface area contributed by atoms with Crippen LogP contribution in [0.25, 0.3) is 11.1 Å². The lowest BCUT2D eigenvalue weighted by atomic mass is 10.0. The van der Waals surface area contributed by atoms with E-state index in [-0.39, 0.29) is 42.8 Å². The summed E-state index contributed by atoms with van der Waals surface area (Å²) in [6, 6.07) is 5.04. The molecule has 10 nitrogen and oxygen atoms in total. The molecule has 5 rings (SSSR count). The molecule has 1 amide bonds. The lowest BCUT2D eigenvalue weighted by Crippen LogP contribution is -2.43. The Kier molecular flexibility index (Phi) is 7.48. The standard InChI is InChI=1S/C26H29F3N4O6S2/c1-33-14-17(13-31-33)16-2-3-23(21(10-16)26(27,28)29)41(37,38)19-11-20(24(34)32-25(15-30)6-7-25)22(12-19)39-18-4-8-40(35,36)9-5-18/h2-3,10,13-14,18-20,22H,4-9,11-12H2,1H3,(H,32,34)/t19-,20-,22-/m1/s1. The summed E-state index contributed by atoms with van der Waals surface area (Å²) < 4.78 is 101. The van der Waals surface area contributed by atoms with Crippen LogP contribution in [0.3, 0.4) is 0 Å². The number of sulfone groups is 2. The first-order chi connectivity index (χ1) is 19.1. The molecular weight excluding hydrogens is 585 g/mol. The number of alkyl halides is 3. The van der Waals surface area contributed by atoms with E-state index >= 15 is 0 Å². The van der Waals surface area contributed by atoms with Gasteiger partial charge in [0.25, 0.3) is 0 Å². The summed E-state index contributed by atoms with van der Waals surface area (Å²) in [5.74, 6) is -1.86. The quantitative estimate of drug-likeness (QED) is 0.501. The number of nitrogens with zero attached hydrogens (tertiary/aromatic N) is 3. The Morgan fingerprint density at radius 3 is 2.44 bits per heavy atom. The molecule has 2 aromatic rings. The minimum atomic E-state index is -4.98. The molecule has 1 aliphatic heterocycles. The predicted octanol–water partition coefficient (Wildman–Crippen LogP) is 2.79. The maximum absolute atomic E-state index is 14.2. The van der Waals surface area contributed by atoms with Crippen LogP contribution in [-0.2, 0) is 42.4 Å². The van der Waals surface area contributed by atoms with Gasteiger partial charge in [-0.1, -0.05) is 6.07 Å². The zero-order valence-corrected chi connectivity index (χ0v) is 23.7. The Bertz CT molecular complexity index is 1600. The van der Waals surface area contributed by atoms with Crippen LogP contribution in [0.1, 0.15) is 44.1 Å². The largest absolute Gasteiger partial charge is 0.417 e. The maximum atomic E-state index is 14.2. The van der Waals surface area contributed by atoms with Crippen molar-refractivity contribution in [2.75, 3.05) is 11.5 Å². The zero-order chi connectivity index (χ0) is 29.8. The first-order valence-electron chi connectivity index (χ1n) is 13.2. The van der Waals surface area contributed by atoms with Crippen LogP contribution in [0.2, 0.25) is 0 Å². The average molecular weight is 615 g/mol. The molecule has 0 unspecified atom stereocenters. The second kappa shape index (κ2) is 10.4. The van der Waals surface area contributed by atoms with E-state index in [1.807, 2.05) is 6.07 Å². The van der Waals surface area contributed by atoms with Crippen LogP contribution in [0.5, 0.6) is 0 Å². The number of hydrogen-bond acceptors (Lipinski definition) is 8. The van der Waals surface area contributed by atoms with Crippen molar-refractivity contribution in [1.82, 2.24) is 15.1 Å². The summed E-state index contributed by atoms with van der Waals surface area (Å²) >= 11 is 0. The van der Waals surface area contributed by atoms with Gasteiger partial charge in [0.2, 0.25) is 5.91 Å². The smallest absolute Gasteiger partial charge is 0.374 e. The van der Waals surface area contributed by atoms with Crippen molar-refractivity contribution in [3.05, 3.63) is 36.2 Å². The number of benzene rings is 1. The van der Waals surface area contributed by atoms with Gasteiger partial charge >= 0.3 is 6.18 Å². The van der Waals surface area contributed by atoms with Gasteiger partial charge in [-0.15, -0.1) is 0 Å². The molecule has 0 radical (unpaired) electrons. The van der Waals surface area contributed by atoms with E-state index < -0.39 is 71.1 Å². The third-order valence-electron chi connectivity index (χ3n) is 8.06. The normalized spacial score (nSPS) is 25.9. The highest BCUT2D eigenvalue weighted by atomic mass is 32.2. The highest BCUT2D eigenvalue weighted by Crippen LogP contribution is 2.43. The number of hydrogen-bond donors (Lipinski definition) is 1. The molecule has 2 heterocycles. The average Bonchev–Trinajstić information content (AvgIpc) is 3.31. The van der Waals surface area contributed by atoms with Crippen molar-refractivity contribution >= 4 is 25.6 Å². The number of ether oxygens (including phenoxy) is 1. The number of aryl methyl sites for hydroxylation is 1. The van der Waals surface area contributed by atoms with Crippen LogP contribution in [0.4, 0.5) is 13.2 Å². The number of aromatic nitrogens is 2. The molecule has 1 aromatic heterocycles. The van der Waals surface area contributed by atoms with Crippen LogP contribution < -0.4 is 5.32 Å². The zero-order valence-electron chi connectivity index (χ0n) is 22.1. The molecule has 3 aliphatic rings. The van der Waals surface area contributed by atoms with E-state index in [1.165, 1.54) is 23.1 Å². The van der Waals surface area contributed by atoms with E-state index in [0.29, 0.717) is 18.4 Å². The Morgan fingerprint density at radius 2 is 1.88 bits per heavy atom. The predicted molar refractivity (Wildman–Crippen MR) is 140 cm³/mol. The molecule has 2 aliphatic carbocycles. The molecule has 222 valence electrons. The van der Waals surface area contributed by atoms with Gasteiger partial charge in [0.05, 0.1) is 57.6 Å². The maximum Gasteiger partial charge on any atom is 0.417 e. The Hall–Kier alpha value is -2.96. The fraction of sp³-hybridized carbons (Fsp3) is 0.577. The molecule has 3 atom stereocenters. The van der Waals surface area contributed by atoms with Crippen LogP contribution in [0.15, 0.2) is 35.5 Å². The second-order valence-electron chi connectivity index (χ2n) is 11.1. The molecule has 41 heavy (non-hydrogen) atoms. The first-order valence-corrected chi connectivity index (χ1v) is 16.5. The number of nitriles is 1. The van der Waals surface area contributed by atoms with Crippen molar-refractivity contribution in [1.29, 1.82) is 5.26 Å². The number of carbonyl (C=O) groups excluding carboxylic acids is 1. The molecule has 0 spiro atoms. The van der Waals surface area contributed by atoms with Crippen molar-refractivity contribution in [2.45, 2.75) is 72.6 Å². The fourth-order valence-electron chi connectivity index (χ4n) is 5.53. The van der Waals surface area contributed by atoms with Gasteiger partial charge in [0.15, 0.2) is 19.7 Å². The molecule has 1 N–H and O–H groups in total. The van der Waals surface area contributed by atoms with Gasteiger partial charge in [-0.2, -0.15) is 23.5 Å². The number of halogens is 3. The highest BCUT2D eigenvalue weighted by Gasteiger charge is 2.52. The summed E-state index contributed by atoms with van der Waals surface area (Å²) in [4.78, 5) is 12.3. The van der Waals surface area contributed by atoms with Gasteiger partial charge in [-0.3, -0.25) is 9.48 Å². The summed E-state index contributed by atoms with van der Waals surface area (Å²) in [5, 5.41) is 14.7. The lowest BCUT2D eigenvalue weighted by molar-refractivity contribution is -0.139. The third kappa shape index (κ3) is 6.14. The molecule has 1 saturated heterocycles. The number of nitrogens with one attached hydrogen (secondary N) is 1. The molecule has 3 fully saturated rings. The van der Waals surface area contributed by atoms with E-state index in [0.717, 1.165) is 12.1 Å². The van der Waals surface area contributed by atoms with Gasteiger partial charge < -0.3 is 10.1 Å². The lowest BCUT2D eigenvalue weighted by Gasteiger charge is -2.28. The van der Waals surface area contributed by atoms with Crippen molar-refractivity contribution in [3.8, 4) is 17.2 Å². The van der Waals surface area contributed by atoms with Crippen molar-refractivity contribution in [2.24, 2.45) is 13.0 Å². The Balaban J connectivity index is 1.45. The Labute approximate surface area is 235 Å². The number of carbonyl (C=O) groups is 1. The minimum absolute atomic E-state index is 0.112. The van der Waals surface area contributed by atoms with Crippen LogP contribution in [0, 0.1) is 17.2 Å². The number of rotatable bonds is 7. The first kappa shape index (κ1) is 29.5. The van der Waals surface area contributed by atoms with Crippen molar-refractivity contribution < 1.29 is 39.5 Å². The van der Waals surface area contributed by atoms with Gasteiger partial charge in [0.1, 0.15) is 5.54 Å². The Morgan fingerprint density at radius 1 is 1.20 bits per heavy atom. The summed E-state index contributed by atoms with van der Waals surface area (Å²) in [6.07, 6.45) is -2.95. The fourth-order valence-corrected chi connectivity index (χ4v) is 8.98. The van der Waals surface area contributed by atoms with E-state index in [2.05, 4.69) is 10.4 Å². The van der Waals surface area contributed by atoms with Gasteiger partial charge in [-0.05, 0) is 56.2 Å². The number of amides is 1. The SMILES string of the molecule is Cn1cc(-c2ccc(S(=O)(=O)[C@H]3C[C@@H](OC4CCS(=O)(=O)CC4)[C@H](C(=O)NC4(C#N)CC4)C3)c(C(F)(F)F)c2)cn1.